The Bertz CT molecular complexity index is 1090. The summed E-state index contributed by atoms with van der Waals surface area (Å²) in [4.78, 5) is 33.6. The van der Waals surface area contributed by atoms with E-state index in [0.29, 0.717) is 16.2 Å². The van der Waals surface area contributed by atoms with Gasteiger partial charge in [0.2, 0.25) is 0 Å². The number of nitrogens with one attached hydrogen (secondary N) is 1. The molecule has 0 atom stereocenters. The Labute approximate surface area is 173 Å². The van der Waals surface area contributed by atoms with Gasteiger partial charge in [0.25, 0.3) is 17.3 Å². The van der Waals surface area contributed by atoms with Crippen molar-refractivity contribution in [3.8, 4) is 5.75 Å². The number of ether oxygens (including phenoxy) is 1. The highest BCUT2D eigenvalue weighted by Gasteiger charge is 2.24. The molecule has 0 saturated carbocycles. The molecule has 154 valence electrons. The largest absolute Gasteiger partial charge is 0.489 e. The molecule has 0 aliphatic heterocycles. The summed E-state index contributed by atoms with van der Waals surface area (Å²) in [6.45, 7) is 1.42. The van der Waals surface area contributed by atoms with Crippen LogP contribution in [0.25, 0.3) is 0 Å². The number of hydrogen-bond donors (Lipinski definition) is 1. The number of carbonyl (C=O) groups excluding carboxylic acids is 1. The van der Waals surface area contributed by atoms with E-state index in [2.05, 4.69) is 5.32 Å². The number of anilines is 1. The van der Waals surface area contributed by atoms with Gasteiger partial charge in [-0.05, 0) is 42.6 Å². The Kier molecular flexibility index (Phi) is 6.02. The van der Waals surface area contributed by atoms with Crippen LogP contribution in [0.3, 0.4) is 0 Å². The zero-order valence-corrected chi connectivity index (χ0v) is 16.3. The summed E-state index contributed by atoms with van der Waals surface area (Å²) in [5, 5.41) is 26.4. The molecule has 3 rings (SSSR count). The van der Waals surface area contributed by atoms with Crippen molar-refractivity contribution in [3.63, 3.8) is 0 Å². The molecule has 11 heteroatoms. The first-order valence-electron chi connectivity index (χ1n) is 8.45. The number of benzene rings is 2. The van der Waals surface area contributed by atoms with Crippen molar-refractivity contribution in [2.75, 3.05) is 5.32 Å². The maximum absolute atomic E-state index is 12.9. The average Bonchev–Trinajstić information content (AvgIpc) is 3.17. The molecule has 1 amide bonds. The van der Waals surface area contributed by atoms with Crippen LogP contribution in [0.4, 0.5) is 21.5 Å². The van der Waals surface area contributed by atoms with E-state index in [1.807, 2.05) is 0 Å². The first kappa shape index (κ1) is 20.9. The summed E-state index contributed by atoms with van der Waals surface area (Å²) in [5.74, 6) is -0.484. The molecule has 1 aromatic heterocycles. The molecule has 3 aromatic rings. The van der Waals surface area contributed by atoms with Crippen LogP contribution >= 0.6 is 11.3 Å². The molecule has 30 heavy (non-hydrogen) atoms. The lowest BCUT2D eigenvalue weighted by molar-refractivity contribution is -0.395. The Morgan fingerprint density at radius 3 is 2.27 bits per heavy atom. The predicted octanol–water partition coefficient (Wildman–Crippen LogP) is 4.84. The number of thiophene rings is 1. The molecule has 1 heterocycles. The molecule has 9 nitrogen and oxygen atoms in total. The van der Waals surface area contributed by atoms with E-state index in [1.54, 1.807) is 11.4 Å². The highest BCUT2D eigenvalue weighted by Crippen LogP contribution is 2.32. The second kappa shape index (κ2) is 8.66. The molecule has 0 spiro atoms. The Morgan fingerprint density at radius 2 is 1.70 bits per heavy atom. The van der Waals surface area contributed by atoms with Gasteiger partial charge in [0.05, 0.1) is 20.4 Å². The molecule has 0 aliphatic rings. The lowest BCUT2D eigenvalue weighted by atomic mass is 10.1. The first-order chi connectivity index (χ1) is 14.2. The molecule has 2 aromatic carbocycles. The van der Waals surface area contributed by atoms with E-state index in [0.717, 1.165) is 23.5 Å². The van der Waals surface area contributed by atoms with Crippen LogP contribution in [0, 0.1) is 33.0 Å². The molecule has 0 fully saturated rings. The SMILES string of the molecule is Cc1c([N+](=O)[O-])cc(NC(=O)c2cc(COc3ccc(F)cc3)cs2)cc1[N+](=O)[O-]. The maximum Gasteiger partial charge on any atom is 0.281 e. The van der Waals surface area contributed by atoms with Crippen molar-refractivity contribution >= 4 is 34.3 Å². The summed E-state index contributed by atoms with van der Waals surface area (Å²) in [5.41, 5.74) is -0.380. The van der Waals surface area contributed by atoms with E-state index in [4.69, 9.17) is 4.74 Å². The molecule has 0 saturated heterocycles. The zero-order valence-electron chi connectivity index (χ0n) is 15.5. The number of nitrogens with zero attached hydrogens (tertiary/aromatic N) is 2. The van der Waals surface area contributed by atoms with Gasteiger partial charge in [-0.2, -0.15) is 0 Å². The van der Waals surface area contributed by atoms with Crippen LogP contribution in [-0.4, -0.2) is 15.8 Å². The summed E-state index contributed by atoms with van der Waals surface area (Å²) in [6, 6.07) is 9.21. The predicted molar refractivity (Wildman–Crippen MR) is 107 cm³/mol. The minimum absolute atomic E-state index is 0.0542. The minimum atomic E-state index is -0.742. The number of hydrogen-bond acceptors (Lipinski definition) is 7. The maximum atomic E-state index is 12.9. The second-order valence-corrected chi connectivity index (χ2v) is 7.08. The normalized spacial score (nSPS) is 10.5. The summed E-state index contributed by atoms with van der Waals surface area (Å²) in [7, 11) is 0. The fourth-order valence-electron chi connectivity index (χ4n) is 2.60. The zero-order chi connectivity index (χ0) is 21.8. The number of nitro groups is 2. The number of nitro benzene ring substituents is 2. The summed E-state index contributed by atoms with van der Waals surface area (Å²) >= 11 is 1.12. The molecular formula is C19H14FN3O6S. The minimum Gasteiger partial charge on any atom is -0.489 e. The summed E-state index contributed by atoms with van der Waals surface area (Å²) < 4.78 is 18.4. The Hall–Kier alpha value is -3.86. The standard InChI is InChI=1S/C19H14FN3O6S/c1-11-16(22(25)26)7-14(8-17(11)23(27)28)21-19(24)18-6-12(10-30-18)9-29-15-4-2-13(20)3-5-15/h2-8,10H,9H2,1H3,(H,21,24). The molecule has 0 unspecified atom stereocenters. The van der Waals surface area contributed by atoms with Crippen LogP contribution in [-0.2, 0) is 6.61 Å². The molecule has 0 aliphatic carbocycles. The van der Waals surface area contributed by atoms with Crippen LogP contribution in [0.1, 0.15) is 20.8 Å². The third-order valence-electron chi connectivity index (χ3n) is 4.10. The number of carbonyl (C=O) groups is 1. The van der Waals surface area contributed by atoms with E-state index >= 15 is 0 Å². The van der Waals surface area contributed by atoms with Gasteiger partial charge in [-0.15, -0.1) is 11.3 Å². The van der Waals surface area contributed by atoms with Gasteiger partial charge < -0.3 is 10.1 Å². The fraction of sp³-hybridized carbons (Fsp3) is 0.105. The third-order valence-corrected chi connectivity index (χ3v) is 5.08. The van der Waals surface area contributed by atoms with Gasteiger partial charge in [0.15, 0.2) is 0 Å². The van der Waals surface area contributed by atoms with Crippen LogP contribution in [0.15, 0.2) is 47.8 Å². The number of rotatable bonds is 7. The van der Waals surface area contributed by atoms with Gasteiger partial charge >= 0.3 is 0 Å². The van der Waals surface area contributed by atoms with Crippen molar-refractivity contribution in [1.29, 1.82) is 0 Å². The van der Waals surface area contributed by atoms with Crippen molar-refractivity contribution in [2.45, 2.75) is 13.5 Å². The number of amides is 1. The quantitative estimate of drug-likeness (QED) is 0.421. The van der Waals surface area contributed by atoms with Crippen molar-refractivity contribution in [2.24, 2.45) is 0 Å². The molecule has 1 N–H and O–H groups in total. The monoisotopic (exact) mass is 431 g/mol. The van der Waals surface area contributed by atoms with Crippen molar-refractivity contribution in [3.05, 3.63) is 89.9 Å². The third kappa shape index (κ3) is 4.75. The van der Waals surface area contributed by atoms with Crippen molar-refractivity contribution < 1.29 is 23.8 Å². The molecular weight excluding hydrogens is 417 g/mol. The second-order valence-electron chi connectivity index (χ2n) is 6.17. The van der Waals surface area contributed by atoms with Gasteiger partial charge in [0.1, 0.15) is 23.7 Å². The highest BCUT2D eigenvalue weighted by atomic mass is 32.1. The van der Waals surface area contributed by atoms with E-state index in [-0.39, 0.29) is 23.7 Å². The van der Waals surface area contributed by atoms with Crippen LogP contribution < -0.4 is 10.1 Å². The van der Waals surface area contributed by atoms with E-state index in [9.17, 15) is 29.4 Å². The molecule has 0 bridgehead atoms. The Balaban J connectivity index is 1.73. The Morgan fingerprint density at radius 1 is 1.10 bits per heavy atom. The lowest BCUT2D eigenvalue weighted by Gasteiger charge is -2.06. The van der Waals surface area contributed by atoms with Crippen LogP contribution in [0.5, 0.6) is 5.75 Å². The van der Waals surface area contributed by atoms with Gasteiger partial charge in [0, 0.05) is 17.7 Å². The smallest absolute Gasteiger partial charge is 0.281 e. The highest BCUT2D eigenvalue weighted by molar-refractivity contribution is 7.12. The topological polar surface area (TPSA) is 125 Å². The van der Waals surface area contributed by atoms with Gasteiger partial charge in [-0.3, -0.25) is 25.0 Å². The molecule has 0 radical (unpaired) electrons. The van der Waals surface area contributed by atoms with E-state index < -0.39 is 27.1 Å². The summed E-state index contributed by atoms with van der Waals surface area (Å²) in [6.07, 6.45) is 0. The van der Waals surface area contributed by atoms with Crippen molar-refractivity contribution in [1.82, 2.24) is 0 Å². The first-order valence-corrected chi connectivity index (χ1v) is 9.33. The van der Waals surface area contributed by atoms with Gasteiger partial charge in [-0.25, -0.2) is 4.39 Å². The fourth-order valence-corrected chi connectivity index (χ4v) is 3.39. The number of halogens is 1. The van der Waals surface area contributed by atoms with Crippen LogP contribution in [0.2, 0.25) is 0 Å². The van der Waals surface area contributed by atoms with Gasteiger partial charge in [-0.1, -0.05) is 0 Å². The lowest BCUT2D eigenvalue weighted by Crippen LogP contribution is -2.11. The average molecular weight is 431 g/mol. The van der Waals surface area contributed by atoms with E-state index in [1.165, 1.54) is 31.2 Å².